The number of ether oxygens (including phenoxy) is 4. The monoisotopic (exact) mass is 312 g/mol. The zero-order chi connectivity index (χ0) is 14.6. The largest absolute Gasteiger partial charge is 0.378 e. The fourth-order valence-electron chi connectivity index (χ4n) is 2.01. The Labute approximate surface area is 131 Å². The van der Waals surface area contributed by atoms with Crippen LogP contribution in [0.15, 0.2) is 30.3 Å². The van der Waals surface area contributed by atoms with Gasteiger partial charge in [-0.05, 0) is 5.56 Å². The smallest absolute Gasteiger partial charge is 0.0916 e. The molecule has 1 heterocycles. The number of benzene rings is 1. The average Bonchev–Trinajstić information content (AvgIpc) is 2.54. The van der Waals surface area contributed by atoms with Crippen molar-refractivity contribution in [2.45, 2.75) is 6.10 Å². The van der Waals surface area contributed by atoms with Crippen LogP contribution in [0.1, 0.15) is 11.7 Å². The van der Waals surface area contributed by atoms with Crippen LogP contribution in [0.25, 0.3) is 0 Å². The first-order chi connectivity index (χ1) is 10.5. The Hall–Kier alpha value is -0.590. The predicted molar refractivity (Wildman–Crippen MR) is 84.9 cm³/mol. The zero-order valence-electron chi connectivity index (χ0n) is 12.4. The van der Waals surface area contributed by atoms with E-state index in [1.807, 2.05) is 17.8 Å². The van der Waals surface area contributed by atoms with Crippen molar-refractivity contribution in [3.63, 3.8) is 0 Å². The molecular formula is C16H24O4S. The van der Waals surface area contributed by atoms with Crippen LogP contribution < -0.4 is 0 Å². The Bertz CT molecular complexity index is 345. The molecule has 1 aliphatic heterocycles. The summed E-state index contributed by atoms with van der Waals surface area (Å²) in [5.74, 6) is 1.91. The third kappa shape index (κ3) is 7.29. The second-order valence-corrected chi connectivity index (χ2v) is 5.83. The molecule has 0 spiro atoms. The van der Waals surface area contributed by atoms with Gasteiger partial charge in [-0.25, -0.2) is 0 Å². The van der Waals surface area contributed by atoms with Crippen LogP contribution >= 0.6 is 11.8 Å². The van der Waals surface area contributed by atoms with Gasteiger partial charge < -0.3 is 18.9 Å². The first kappa shape index (κ1) is 16.8. The normalized spacial score (nSPS) is 23.9. The van der Waals surface area contributed by atoms with E-state index in [4.69, 9.17) is 18.9 Å². The molecule has 21 heavy (non-hydrogen) atoms. The molecule has 0 radical (unpaired) electrons. The minimum atomic E-state index is 0.112. The van der Waals surface area contributed by atoms with E-state index in [9.17, 15) is 0 Å². The minimum absolute atomic E-state index is 0.112. The molecule has 2 rings (SSSR count). The van der Waals surface area contributed by atoms with Gasteiger partial charge in [-0.1, -0.05) is 30.3 Å². The van der Waals surface area contributed by atoms with E-state index in [1.165, 1.54) is 5.56 Å². The first-order valence-electron chi connectivity index (χ1n) is 7.44. The van der Waals surface area contributed by atoms with Crippen LogP contribution in [0.4, 0.5) is 0 Å². The summed E-state index contributed by atoms with van der Waals surface area (Å²) in [6.07, 6.45) is 0.112. The maximum Gasteiger partial charge on any atom is 0.0916 e. The first-order valence-corrected chi connectivity index (χ1v) is 8.60. The van der Waals surface area contributed by atoms with Gasteiger partial charge in [0, 0.05) is 11.5 Å². The summed E-state index contributed by atoms with van der Waals surface area (Å²) in [6, 6.07) is 10.4. The van der Waals surface area contributed by atoms with Crippen molar-refractivity contribution in [1.29, 1.82) is 0 Å². The highest BCUT2D eigenvalue weighted by molar-refractivity contribution is 7.99. The summed E-state index contributed by atoms with van der Waals surface area (Å²) in [7, 11) is 0. The lowest BCUT2D eigenvalue weighted by Gasteiger charge is -2.18. The highest BCUT2D eigenvalue weighted by atomic mass is 32.2. The molecule has 0 bridgehead atoms. The van der Waals surface area contributed by atoms with Crippen LogP contribution in [0, 0.1) is 0 Å². The van der Waals surface area contributed by atoms with Crippen molar-refractivity contribution in [3.8, 4) is 0 Å². The Morgan fingerprint density at radius 1 is 0.762 bits per heavy atom. The van der Waals surface area contributed by atoms with Crippen molar-refractivity contribution >= 4 is 11.8 Å². The van der Waals surface area contributed by atoms with Gasteiger partial charge in [0.25, 0.3) is 0 Å². The highest BCUT2D eigenvalue weighted by Gasteiger charge is 2.12. The lowest BCUT2D eigenvalue weighted by Crippen LogP contribution is -2.14. The molecule has 0 saturated carbocycles. The SMILES string of the molecule is c1ccc(C2CSCCOCCOCCOCCO2)cc1. The summed E-state index contributed by atoms with van der Waals surface area (Å²) in [4.78, 5) is 0. The van der Waals surface area contributed by atoms with Gasteiger partial charge in [0.1, 0.15) is 0 Å². The lowest BCUT2D eigenvalue weighted by molar-refractivity contribution is -0.0129. The maximum atomic E-state index is 5.98. The standard InChI is InChI=1S/C16H24O4S/c1-2-4-15(5-3-1)16-14-21-13-12-19-9-8-17-6-7-18-10-11-20-16/h1-5,16H,6-14H2. The fourth-order valence-corrected chi connectivity index (χ4v) is 2.91. The van der Waals surface area contributed by atoms with Crippen molar-refractivity contribution < 1.29 is 18.9 Å². The summed E-state index contributed by atoms with van der Waals surface area (Å²) in [5, 5.41) is 0. The van der Waals surface area contributed by atoms with Crippen molar-refractivity contribution in [2.24, 2.45) is 0 Å². The number of rotatable bonds is 1. The second kappa shape index (κ2) is 11.0. The molecule has 118 valence electrons. The minimum Gasteiger partial charge on any atom is -0.378 e. The average molecular weight is 312 g/mol. The van der Waals surface area contributed by atoms with E-state index in [2.05, 4.69) is 24.3 Å². The van der Waals surface area contributed by atoms with Crippen LogP contribution in [-0.4, -0.2) is 57.8 Å². The van der Waals surface area contributed by atoms with Crippen molar-refractivity contribution in [3.05, 3.63) is 35.9 Å². The van der Waals surface area contributed by atoms with Gasteiger partial charge in [0.15, 0.2) is 0 Å². The Balaban J connectivity index is 1.83. The van der Waals surface area contributed by atoms with Crippen molar-refractivity contribution in [2.75, 3.05) is 57.8 Å². The summed E-state index contributed by atoms with van der Waals surface area (Å²) in [6.45, 7) is 4.47. The Morgan fingerprint density at radius 3 is 2.10 bits per heavy atom. The molecule has 1 fully saturated rings. The van der Waals surface area contributed by atoms with Gasteiger partial charge >= 0.3 is 0 Å². The van der Waals surface area contributed by atoms with Crippen LogP contribution in [0.3, 0.4) is 0 Å². The molecule has 0 aromatic heterocycles. The Morgan fingerprint density at radius 2 is 1.38 bits per heavy atom. The van der Waals surface area contributed by atoms with Crippen LogP contribution in [0.5, 0.6) is 0 Å². The molecule has 1 saturated heterocycles. The molecule has 1 aliphatic rings. The molecule has 1 aromatic rings. The quantitative estimate of drug-likeness (QED) is 0.796. The Kier molecular flexibility index (Phi) is 8.82. The van der Waals surface area contributed by atoms with Crippen LogP contribution in [-0.2, 0) is 18.9 Å². The highest BCUT2D eigenvalue weighted by Crippen LogP contribution is 2.22. The topological polar surface area (TPSA) is 36.9 Å². The van der Waals surface area contributed by atoms with Crippen molar-refractivity contribution in [1.82, 2.24) is 0 Å². The summed E-state index contributed by atoms with van der Waals surface area (Å²) >= 11 is 1.86. The van der Waals surface area contributed by atoms with Gasteiger partial charge in [0.2, 0.25) is 0 Å². The summed E-state index contributed by atoms with van der Waals surface area (Å²) in [5.41, 5.74) is 1.22. The maximum absolute atomic E-state index is 5.98. The molecule has 5 heteroatoms. The molecule has 0 N–H and O–H groups in total. The molecular weight excluding hydrogens is 288 g/mol. The third-order valence-electron chi connectivity index (χ3n) is 3.10. The van der Waals surface area contributed by atoms with E-state index < -0.39 is 0 Å². The van der Waals surface area contributed by atoms with E-state index in [1.54, 1.807) is 0 Å². The molecule has 0 amide bonds. The molecule has 1 unspecified atom stereocenters. The summed E-state index contributed by atoms with van der Waals surface area (Å²) < 4.78 is 22.4. The van der Waals surface area contributed by atoms with Gasteiger partial charge in [0.05, 0.1) is 52.4 Å². The molecule has 1 aromatic carbocycles. The van der Waals surface area contributed by atoms with Gasteiger partial charge in [-0.2, -0.15) is 11.8 Å². The second-order valence-electron chi connectivity index (χ2n) is 4.68. The molecule has 1 atom stereocenters. The molecule has 4 nitrogen and oxygen atoms in total. The van der Waals surface area contributed by atoms with Gasteiger partial charge in [-0.15, -0.1) is 0 Å². The van der Waals surface area contributed by atoms with E-state index in [-0.39, 0.29) is 6.10 Å². The number of hydrogen-bond donors (Lipinski definition) is 0. The fraction of sp³-hybridized carbons (Fsp3) is 0.625. The van der Waals surface area contributed by atoms with Crippen LogP contribution in [0.2, 0.25) is 0 Å². The third-order valence-corrected chi connectivity index (χ3v) is 4.10. The van der Waals surface area contributed by atoms with E-state index >= 15 is 0 Å². The van der Waals surface area contributed by atoms with E-state index in [0.717, 1.165) is 18.1 Å². The van der Waals surface area contributed by atoms with Gasteiger partial charge in [-0.3, -0.25) is 0 Å². The van der Waals surface area contributed by atoms with E-state index in [0.29, 0.717) is 39.6 Å². The predicted octanol–water partition coefficient (Wildman–Crippen LogP) is 2.54. The lowest BCUT2D eigenvalue weighted by atomic mass is 10.1. The number of thioether (sulfide) groups is 1. The zero-order valence-corrected chi connectivity index (χ0v) is 13.2. The molecule has 0 aliphatic carbocycles. The number of hydrogen-bond acceptors (Lipinski definition) is 5.